The maximum atomic E-state index is 12.8. The number of rotatable bonds is 4. The molecule has 0 aromatic carbocycles. The van der Waals surface area contributed by atoms with E-state index < -0.39 is 18.0 Å². The number of aromatic nitrogens is 1. The molecule has 0 amide bonds. The number of hydrogen-bond acceptors (Lipinski definition) is 3. The summed E-state index contributed by atoms with van der Waals surface area (Å²) in [6.07, 6.45) is -0.497. The Labute approximate surface area is 96.4 Å². The smallest absolute Gasteiger partial charge is 0.340 e. The van der Waals surface area contributed by atoms with E-state index in [0.29, 0.717) is 0 Å². The van der Waals surface area contributed by atoms with Crippen molar-refractivity contribution < 1.29 is 18.3 Å². The van der Waals surface area contributed by atoms with Crippen molar-refractivity contribution in [2.45, 2.75) is 19.2 Å². The van der Waals surface area contributed by atoms with Gasteiger partial charge in [0, 0.05) is 23.8 Å². The van der Waals surface area contributed by atoms with Crippen molar-refractivity contribution in [2.24, 2.45) is 0 Å². The van der Waals surface area contributed by atoms with E-state index in [0.717, 1.165) is 6.20 Å². The standard InChI is InChI=1S/C10H10ClF2NO2/c1-2-16-10(15)7-5-14-4-6(3-11)8(7)9(12)13/h4-5,9H,2-3H2,1H3. The largest absolute Gasteiger partial charge is 0.462 e. The predicted octanol–water partition coefficient (Wildman–Crippen LogP) is 2.93. The van der Waals surface area contributed by atoms with Crippen LogP contribution in [0.4, 0.5) is 8.78 Å². The SMILES string of the molecule is CCOC(=O)c1cncc(CCl)c1C(F)F. The molecule has 0 saturated carbocycles. The number of nitrogens with zero attached hydrogens (tertiary/aromatic N) is 1. The first-order valence-electron chi connectivity index (χ1n) is 4.59. The summed E-state index contributed by atoms with van der Waals surface area (Å²) in [5.41, 5.74) is -0.485. The molecule has 0 aliphatic carbocycles. The van der Waals surface area contributed by atoms with Crippen LogP contribution in [0.5, 0.6) is 0 Å². The van der Waals surface area contributed by atoms with Crippen LogP contribution in [0.3, 0.4) is 0 Å². The number of halogens is 3. The molecular formula is C10H10ClF2NO2. The van der Waals surface area contributed by atoms with Crippen molar-refractivity contribution in [3.63, 3.8) is 0 Å². The second-order valence-corrected chi connectivity index (χ2v) is 3.18. The minimum absolute atomic E-state index is 0.118. The molecule has 0 aliphatic heterocycles. The highest BCUT2D eigenvalue weighted by Gasteiger charge is 2.22. The molecule has 0 radical (unpaired) electrons. The number of carbonyl (C=O) groups excluding carboxylic acids is 1. The Kier molecular flexibility index (Phi) is 4.61. The molecule has 0 bridgehead atoms. The number of carbonyl (C=O) groups is 1. The zero-order valence-electron chi connectivity index (χ0n) is 8.54. The van der Waals surface area contributed by atoms with Crippen LogP contribution in [0, 0.1) is 0 Å². The van der Waals surface area contributed by atoms with E-state index in [4.69, 9.17) is 11.6 Å². The van der Waals surface area contributed by atoms with E-state index in [9.17, 15) is 13.6 Å². The zero-order valence-corrected chi connectivity index (χ0v) is 9.30. The third-order valence-electron chi connectivity index (χ3n) is 1.93. The second-order valence-electron chi connectivity index (χ2n) is 2.91. The van der Waals surface area contributed by atoms with Crippen LogP contribution in [-0.4, -0.2) is 17.6 Å². The first kappa shape index (κ1) is 12.8. The van der Waals surface area contributed by atoms with E-state index in [1.165, 1.54) is 6.20 Å². The summed E-state index contributed by atoms with van der Waals surface area (Å²) in [5, 5.41) is 0. The topological polar surface area (TPSA) is 39.2 Å². The van der Waals surface area contributed by atoms with Gasteiger partial charge in [0.15, 0.2) is 0 Å². The minimum Gasteiger partial charge on any atom is -0.462 e. The highest BCUT2D eigenvalue weighted by atomic mass is 35.5. The quantitative estimate of drug-likeness (QED) is 0.608. The van der Waals surface area contributed by atoms with Gasteiger partial charge >= 0.3 is 5.97 Å². The lowest BCUT2D eigenvalue weighted by Gasteiger charge is -2.10. The molecule has 88 valence electrons. The highest BCUT2D eigenvalue weighted by molar-refractivity contribution is 6.17. The van der Waals surface area contributed by atoms with Gasteiger partial charge in [0.2, 0.25) is 0 Å². The third kappa shape index (κ3) is 2.66. The molecule has 1 aromatic heterocycles. The van der Waals surface area contributed by atoms with Gasteiger partial charge in [0.25, 0.3) is 6.43 Å². The summed E-state index contributed by atoms with van der Waals surface area (Å²) in [6.45, 7) is 1.71. The summed E-state index contributed by atoms with van der Waals surface area (Å²) >= 11 is 5.50. The average molecular weight is 250 g/mol. The third-order valence-corrected chi connectivity index (χ3v) is 2.22. The van der Waals surface area contributed by atoms with Crippen LogP contribution in [0.2, 0.25) is 0 Å². The van der Waals surface area contributed by atoms with Gasteiger partial charge in [-0.2, -0.15) is 0 Å². The average Bonchev–Trinajstić information content (AvgIpc) is 2.28. The second kappa shape index (κ2) is 5.75. The van der Waals surface area contributed by atoms with Crippen LogP contribution >= 0.6 is 11.6 Å². The van der Waals surface area contributed by atoms with Gasteiger partial charge in [-0.1, -0.05) is 0 Å². The molecular weight excluding hydrogens is 240 g/mol. The Morgan fingerprint density at radius 1 is 1.56 bits per heavy atom. The highest BCUT2D eigenvalue weighted by Crippen LogP contribution is 2.27. The fraction of sp³-hybridized carbons (Fsp3) is 0.400. The fourth-order valence-electron chi connectivity index (χ4n) is 1.25. The van der Waals surface area contributed by atoms with Crippen LogP contribution in [0.1, 0.15) is 34.8 Å². The molecule has 0 aliphatic rings. The molecule has 0 N–H and O–H groups in total. The van der Waals surface area contributed by atoms with Crippen molar-refractivity contribution in [3.8, 4) is 0 Å². The number of alkyl halides is 3. The van der Waals surface area contributed by atoms with Crippen molar-refractivity contribution in [3.05, 3.63) is 29.1 Å². The summed E-state index contributed by atoms with van der Waals surface area (Å²) in [7, 11) is 0. The summed E-state index contributed by atoms with van der Waals surface area (Å²) in [6, 6.07) is 0. The van der Waals surface area contributed by atoms with E-state index >= 15 is 0 Å². The van der Waals surface area contributed by atoms with Gasteiger partial charge in [-0.25, -0.2) is 13.6 Å². The molecule has 1 aromatic rings. The number of pyridine rings is 1. The molecule has 1 heterocycles. The van der Waals surface area contributed by atoms with Gasteiger partial charge in [0.05, 0.1) is 12.2 Å². The van der Waals surface area contributed by atoms with Crippen molar-refractivity contribution >= 4 is 17.6 Å². The van der Waals surface area contributed by atoms with Crippen LogP contribution in [-0.2, 0) is 10.6 Å². The number of esters is 1. The normalized spacial score (nSPS) is 10.6. The zero-order chi connectivity index (χ0) is 12.1. The van der Waals surface area contributed by atoms with E-state index in [2.05, 4.69) is 9.72 Å². The van der Waals surface area contributed by atoms with Crippen LogP contribution in [0.25, 0.3) is 0 Å². The summed E-state index contributed by atoms with van der Waals surface area (Å²) < 4.78 is 30.2. The monoisotopic (exact) mass is 249 g/mol. The lowest BCUT2D eigenvalue weighted by atomic mass is 10.1. The van der Waals surface area contributed by atoms with Gasteiger partial charge in [-0.05, 0) is 12.5 Å². The Hall–Kier alpha value is -1.23. The maximum absolute atomic E-state index is 12.8. The van der Waals surface area contributed by atoms with Gasteiger partial charge in [-0.15, -0.1) is 11.6 Å². The number of hydrogen-bond donors (Lipinski definition) is 0. The summed E-state index contributed by atoms with van der Waals surface area (Å²) in [4.78, 5) is 15.1. The van der Waals surface area contributed by atoms with Gasteiger partial charge in [-0.3, -0.25) is 4.98 Å². The molecule has 0 spiro atoms. The van der Waals surface area contributed by atoms with Crippen molar-refractivity contribution in [2.75, 3.05) is 6.61 Å². The molecule has 1 rings (SSSR count). The van der Waals surface area contributed by atoms with Crippen LogP contribution in [0.15, 0.2) is 12.4 Å². The lowest BCUT2D eigenvalue weighted by molar-refractivity contribution is 0.0514. The minimum atomic E-state index is -2.78. The molecule has 16 heavy (non-hydrogen) atoms. The van der Waals surface area contributed by atoms with Gasteiger partial charge in [0.1, 0.15) is 0 Å². The lowest BCUT2D eigenvalue weighted by Crippen LogP contribution is -2.11. The predicted molar refractivity (Wildman–Crippen MR) is 54.7 cm³/mol. The molecule has 0 saturated heterocycles. The Morgan fingerprint density at radius 2 is 2.25 bits per heavy atom. The summed E-state index contributed by atoms with van der Waals surface area (Å²) in [5.74, 6) is -0.933. The van der Waals surface area contributed by atoms with Gasteiger partial charge < -0.3 is 4.74 Å². The molecule has 6 heteroatoms. The van der Waals surface area contributed by atoms with Crippen molar-refractivity contribution in [1.82, 2.24) is 4.98 Å². The maximum Gasteiger partial charge on any atom is 0.340 e. The first-order valence-corrected chi connectivity index (χ1v) is 5.13. The van der Waals surface area contributed by atoms with Crippen LogP contribution < -0.4 is 0 Å². The molecule has 0 unspecified atom stereocenters. The van der Waals surface area contributed by atoms with Crippen molar-refractivity contribution in [1.29, 1.82) is 0 Å². The Morgan fingerprint density at radius 3 is 2.75 bits per heavy atom. The first-order chi connectivity index (χ1) is 7.61. The Balaban J connectivity index is 3.22. The fourth-order valence-corrected chi connectivity index (χ4v) is 1.46. The van der Waals surface area contributed by atoms with E-state index in [1.807, 2.05) is 0 Å². The van der Waals surface area contributed by atoms with E-state index in [-0.39, 0.29) is 23.6 Å². The van der Waals surface area contributed by atoms with E-state index in [1.54, 1.807) is 6.92 Å². The molecule has 3 nitrogen and oxygen atoms in total. The Bertz CT molecular complexity index is 385. The molecule has 0 atom stereocenters. The molecule has 0 fully saturated rings. The number of ether oxygens (including phenoxy) is 1.